The molecule has 0 fully saturated rings. The van der Waals surface area contributed by atoms with Crippen LogP contribution in [0.2, 0.25) is 0 Å². The van der Waals surface area contributed by atoms with Gasteiger partial charge in [0.05, 0.1) is 4.90 Å². The van der Waals surface area contributed by atoms with E-state index in [9.17, 15) is 13.0 Å². The van der Waals surface area contributed by atoms with Crippen LogP contribution in [-0.4, -0.2) is 13.0 Å². The molecule has 5 heteroatoms. The highest BCUT2D eigenvalue weighted by molar-refractivity contribution is 7.85. The second-order valence-electron chi connectivity index (χ2n) is 10.6. The summed E-state index contributed by atoms with van der Waals surface area (Å²) < 4.78 is 38.3. The first-order valence-corrected chi connectivity index (χ1v) is 15.4. The maximum Gasteiger partial charge on any atom is 0.294 e. The molecule has 0 aromatic heterocycles. The number of ether oxygens (including phenoxy) is 1. The van der Waals surface area contributed by atoms with Crippen LogP contribution >= 0.6 is 0 Å². The van der Waals surface area contributed by atoms with E-state index >= 15 is 0 Å². The third-order valence-electron chi connectivity index (χ3n) is 7.50. The van der Waals surface area contributed by atoms with E-state index in [2.05, 4.69) is 91.9 Å². The smallest absolute Gasteiger partial charge is 0.294 e. The lowest BCUT2D eigenvalue weighted by Crippen LogP contribution is -1.97. The van der Waals surface area contributed by atoms with Crippen LogP contribution in [0, 0.1) is 13.8 Å². The average Bonchev–Trinajstić information content (AvgIpc) is 3.02. The van der Waals surface area contributed by atoms with Gasteiger partial charge in [-0.25, -0.2) is 0 Å². The summed E-state index contributed by atoms with van der Waals surface area (Å²) in [5, 5.41) is 0. The average molecular weight is 583 g/mol. The van der Waals surface area contributed by atoms with E-state index in [1.165, 1.54) is 28.8 Å². The van der Waals surface area contributed by atoms with E-state index in [-0.39, 0.29) is 4.90 Å². The molecule has 0 radical (unpaired) electrons. The van der Waals surface area contributed by atoms with Crippen LogP contribution in [0.15, 0.2) is 144 Å². The molecule has 0 saturated carbocycles. The van der Waals surface area contributed by atoms with Crippen molar-refractivity contribution >= 4 is 10.1 Å². The van der Waals surface area contributed by atoms with Crippen LogP contribution in [0.1, 0.15) is 11.1 Å². The first kappa shape index (κ1) is 28.2. The number of hydrogen-bond acceptors (Lipinski definition) is 3. The highest BCUT2D eigenvalue weighted by atomic mass is 32.2. The summed E-state index contributed by atoms with van der Waals surface area (Å²) in [7, 11) is -4.22. The van der Waals surface area contributed by atoms with Crippen LogP contribution in [0.3, 0.4) is 0 Å². The summed E-state index contributed by atoms with van der Waals surface area (Å²) >= 11 is 0. The van der Waals surface area contributed by atoms with Gasteiger partial charge in [-0.3, -0.25) is 4.55 Å². The molecule has 43 heavy (non-hydrogen) atoms. The molecule has 0 amide bonds. The van der Waals surface area contributed by atoms with Crippen LogP contribution in [0.25, 0.3) is 44.5 Å². The quantitative estimate of drug-likeness (QED) is 0.190. The molecule has 0 bridgehead atoms. The second-order valence-corrected chi connectivity index (χ2v) is 12.1. The predicted molar refractivity (Wildman–Crippen MR) is 174 cm³/mol. The number of hydrogen-bond donors (Lipinski definition) is 1. The van der Waals surface area contributed by atoms with E-state index in [4.69, 9.17) is 4.74 Å². The normalized spacial score (nSPS) is 11.3. The summed E-state index contributed by atoms with van der Waals surface area (Å²) in [6.07, 6.45) is 0. The number of rotatable bonds is 7. The van der Waals surface area contributed by atoms with E-state index in [0.29, 0.717) is 5.75 Å². The van der Waals surface area contributed by atoms with Crippen LogP contribution in [0.4, 0.5) is 0 Å². The Kier molecular flexibility index (Phi) is 7.68. The summed E-state index contributed by atoms with van der Waals surface area (Å²) in [4.78, 5) is -0.132. The molecule has 0 unspecified atom stereocenters. The van der Waals surface area contributed by atoms with Crippen LogP contribution < -0.4 is 4.74 Å². The summed E-state index contributed by atoms with van der Waals surface area (Å²) in [6.45, 7) is 4.14. The fraction of sp³-hybridized carbons (Fsp3) is 0.0526. The molecular formula is C38H30O4S. The number of aryl methyl sites for hydroxylation is 2. The van der Waals surface area contributed by atoms with Crippen molar-refractivity contribution in [1.29, 1.82) is 0 Å². The van der Waals surface area contributed by atoms with Crippen molar-refractivity contribution in [2.75, 3.05) is 0 Å². The van der Waals surface area contributed by atoms with E-state index < -0.39 is 10.1 Å². The van der Waals surface area contributed by atoms with Gasteiger partial charge in [0.1, 0.15) is 11.5 Å². The zero-order valence-corrected chi connectivity index (χ0v) is 24.7. The molecule has 0 heterocycles. The Balaban J connectivity index is 1.20. The van der Waals surface area contributed by atoms with E-state index in [1.54, 1.807) is 12.1 Å². The van der Waals surface area contributed by atoms with E-state index in [0.717, 1.165) is 44.7 Å². The summed E-state index contributed by atoms with van der Waals surface area (Å²) in [6, 6.07) is 45.7. The van der Waals surface area contributed by atoms with Gasteiger partial charge in [-0.2, -0.15) is 8.42 Å². The summed E-state index contributed by atoms with van der Waals surface area (Å²) in [5.41, 5.74) is 10.9. The lowest BCUT2D eigenvalue weighted by Gasteiger charge is -2.14. The van der Waals surface area contributed by atoms with Crippen molar-refractivity contribution in [3.05, 3.63) is 151 Å². The van der Waals surface area contributed by atoms with Crippen molar-refractivity contribution in [1.82, 2.24) is 0 Å². The molecule has 4 nitrogen and oxygen atoms in total. The molecule has 6 rings (SSSR count). The Bertz CT molecular complexity index is 1980. The molecule has 0 aliphatic rings. The molecule has 0 atom stereocenters. The predicted octanol–water partition coefficient (Wildman–Crippen LogP) is 10.0. The maximum atomic E-state index is 11.3. The van der Waals surface area contributed by atoms with Crippen molar-refractivity contribution in [3.63, 3.8) is 0 Å². The Morgan fingerprint density at radius 2 is 0.837 bits per heavy atom. The largest absolute Gasteiger partial charge is 0.457 e. The molecule has 212 valence electrons. The minimum atomic E-state index is -4.22. The minimum absolute atomic E-state index is 0.132. The van der Waals surface area contributed by atoms with Gasteiger partial charge in [-0.05, 0) is 88.7 Å². The minimum Gasteiger partial charge on any atom is -0.457 e. The first-order valence-electron chi connectivity index (χ1n) is 14.0. The zero-order chi connectivity index (χ0) is 30.0. The van der Waals surface area contributed by atoms with Gasteiger partial charge in [0.25, 0.3) is 10.1 Å². The standard InChI is InChI=1S/C38H30O4S/c1-26-3-6-28(7-4-26)29-8-10-30(11-9-29)31-12-14-34(15-13-31)37-24-5-27(2)25-38(37)42-35-20-16-32(17-21-35)33-18-22-36(23-19-33)43(39,40)41/h3-25H,1-2H3,(H,39,40,41). The first-order chi connectivity index (χ1) is 20.7. The van der Waals surface area contributed by atoms with Crippen LogP contribution in [-0.2, 0) is 10.1 Å². The Morgan fingerprint density at radius 3 is 1.30 bits per heavy atom. The molecule has 0 spiro atoms. The molecular weight excluding hydrogens is 552 g/mol. The Labute approximate surface area is 252 Å². The topological polar surface area (TPSA) is 63.6 Å². The van der Waals surface area contributed by atoms with Gasteiger partial charge in [0, 0.05) is 5.56 Å². The van der Waals surface area contributed by atoms with Crippen molar-refractivity contribution in [2.45, 2.75) is 18.7 Å². The second kappa shape index (κ2) is 11.7. The zero-order valence-electron chi connectivity index (χ0n) is 23.9. The van der Waals surface area contributed by atoms with Crippen molar-refractivity contribution in [2.24, 2.45) is 0 Å². The van der Waals surface area contributed by atoms with Gasteiger partial charge in [-0.1, -0.05) is 115 Å². The SMILES string of the molecule is Cc1ccc(-c2ccc(-c3ccc(-c4ccc(C)cc4Oc4ccc(-c5ccc(S(=O)(=O)O)cc5)cc4)cc3)cc2)cc1. The highest BCUT2D eigenvalue weighted by Crippen LogP contribution is 2.36. The van der Waals surface area contributed by atoms with Gasteiger partial charge >= 0.3 is 0 Å². The van der Waals surface area contributed by atoms with Gasteiger partial charge in [0.2, 0.25) is 0 Å². The molecule has 0 aliphatic carbocycles. The molecule has 1 N–H and O–H groups in total. The third kappa shape index (κ3) is 6.44. The van der Waals surface area contributed by atoms with E-state index in [1.807, 2.05) is 37.3 Å². The molecule has 0 saturated heterocycles. The monoisotopic (exact) mass is 582 g/mol. The lowest BCUT2D eigenvalue weighted by molar-refractivity contribution is 0.483. The fourth-order valence-electron chi connectivity index (χ4n) is 5.06. The lowest BCUT2D eigenvalue weighted by atomic mass is 9.97. The summed E-state index contributed by atoms with van der Waals surface area (Å²) in [5.74, 6) is 1.45. The van der Waals surface area contributed by atoms with Crippen LogP contribution in [0.5, 0.6) is 11.5 Å². The molecule has 6 aromatic carbocycles. The molecule has 6 aromatic rings. The highest BCUT2D eigenvalue weighted by Gasteiger charge is 2.11. The number of benzene rings is 6. The Hall–Kier alpha value is -4.97. The van der Waals surface area contributed by atoms with Gasteiger partial charge < -0.3 is 4.74 Å². The fourth-order valence-corrected chi connectivity index (χ4v) is 5.54. The Morgan fingerprint density at radius 1 is 0.465 bits per heavy atom. The third-order valence-corrected chi connectivity index (χ3v) is 8.37. The maximum absolute atomic E-state index is 11.3. The molecule has 0 aliphatic heterocycles. The van der Waals surface area contributed by atoms with Crippen molar-refractivity contribution < 1.29 is 17.7 Å². The van der Waals surface area contributed by atoms with Crippen molar-refractivity contribution in [3.8, 4) is 56.0 Å². The van der Waals surface area contributed by atoms with Gasteiger partial charge in [-0.15, -0.1) is 0 Å². The van der Waals surface area contributed by atoms with Gasteiger partial charge in [0.15, 0.2) is 0 Å².